The fourth-order valence-corrected chi connectivity index (χ4v) is 3.52. The molecule has 3 rings (SSSR count). The van der Waals surface area contributed by atoms with Gasteiger partial charge in [-0.05, 0) is 36.4 Å². The van der Waals surface area contributed by atoms with Crippen LogP contribution in [0.4, 0.5) is 5.69 Å². The van der Waals surface area contributed by atoms with Crippen molar-refractivity contribution in [3.63, 3.8) is 0 Å². The third kappa shape index (κ3) is 3.00. The number of benzene rings is 1. The zero-order chi connectivity index (χ0) is 17.1. The number of aryl methyl sites for hydroxylation is 1. The lowest BCUT2D eigenvalue weighted by molar-refractivity contribution is -0.212. The van der Waals surface area contributed by atoms with Crippen LogP contribution in [0.25, 0.3) is 10.4 Å². The number of nitriles is 1. The first kappa shape index (κ1) is 16.1. The first-order chi connectivity index (χ1) is 11.6. The number of aromatic nitrogens is 1. The Kier molecular flexibility index (Phi) is 4.56. The zero-order valence-electron chi connectivity index (χ0n) is 12.7. The summed E-state index contributed by atoms with van der Waals surface area (Å²) in [5.41, 5.74) is 2.40. The molecule has 24 heavy (non-hydrogen) atoms. The van der Waals surface area contributed by atoms with E-state index >= 15 is 0 Å². The summed E-state index contributed by atoms with van der Waals surface area (Å²) in [4.78, 5) is 7.93. The Morgan fingerprint density at radius 3 is 2.62 bits per heavy atom. The molecule has 2 heterocycles. The van der Waals surface area contributed by atoms with E-state index in [1.165, 1.54) is 11.3 Å². The molecule has 1 N–H and O–H groups in total. The molecule has 0 amide bonds. The maximum absolute atomic E-state index is 12.8. The Labute approximate surface area is 148 Å². The maximum atomic E-state index is 12.8. The topological polar surface area (TPSA) is 75.0 Å². The van der Waals surface area contributed by atoms with Crippen LogP contribution < -0.4 is 5.11 Å². The predicted molar refractivity (Wildman–Crippen MR) is 97.0 cm³/mol. The van der Waals surface area contributed by atoms with E-state index in [1.54, 1.807) is 19.1 Å². The summed E-state index contributed by atoms with van der Waals surface area (Å²) in [6.07, 6.45) is 0. The van der Waals surface area contributed by atoms with E-state index in [0.29, 0.717) is 32.7 Å². The van der Waals surface area contributed by atoms with E-state index < -0.39 is 5.90 Å². The number of aliphatic imine (C=N–C) groups is 1. The molecule has 0 radical (unpaired) electrons. The van der Waals surface area contributed by atoms with Gasteiger partial charge in [0.25, 0.3) is 0 Å². The van der Waals surface area contributed by atoms with Crippen LogP contribution in [0.15, 0.2) is 52.8 Å². The number of thiophene rings is 1. The zero-order valence-corrected chi connectivity index (χ0v) is 14.4. The summed E-state index contributed by atoms with van der Waals surface area (Å²) < 4.78 is 0.328. The van der Waals surface area contributed by atoms with Crippen LogP contribution in [-0.4, -0.2) is 10.9 Å². The van der Waals surface area contributed by atoms with E-state index in [1.807, 2.05) is 35.7 Å². The number of hydrogen-bond donors (Lipinski definition) is 1. The first-order valence-electron chi connectivity index (χ1n) is 7.13. The maximum Gasteiger partial charge on any atom is 0.122 e. The molecular weight excluding hydrogens is 338 g/mol. The molecule has 118 valence electrons. The fraction of sp³-hybridized carbons (Fsp3) is 0.0556. The molecule has 0 saturated carbocycles. The standard InChI is InChI=1S/C18H13N3OS2/c1-11-15(17(22)21-12-6-3-2-4-7-12)16(14-8-5-9-24-14)13(10-19)18(23)20-11/h2-9H,1H3,(H,20,23)(H,21,22)/p-1. The van der Waals surface area contributed by atoms with Gasteiger partial charge in [-0.3, -0.25) is 4.99 Å². The number of para-hydroxylation sites is 1. The smallest absolute Gasteiger partial charge is 0.122 e. The van der Waals surface area contributed by atoms with Crippen molar-refractivity contribution in [2.24, 2.45) is 4.99 Å². The minimum Gasteiger partial charge on any atom is -0.858 e. The molecule has 0 unspecified atom stereocenters. The number of hydrogen-bond acceptors (Lipinski definition) is 5. The molecular formula is C18H12N3OS2-. The largest absolute Gasteiger partial charge is 0.858 e. The van der Waals surface area contributed by atoms with Crippen molar-refractivity contribution >= 4 is 35.1 Å². The quantitative estimate of drug-likeness (QED) is 0.439. The normalized spacial score (nSPS) is 11.2. The van der Waals surface area contributed by atoms with Crippen molar-refractivity contribution in [1.82, 2.24) is 4.98 Å². The molecule has 2 aromatic heterocycles. The van der Waals surface area contributed by atoms with Gasteiger partial charge >= 0.3 is 0 Å². The van der Waals surface area contributed by atoms with Crippen molar-refractivity contribution < 1.29 is 5.11 Å². The average Bonchev–Trinajstić information content (AvgIpc) is 3.09. The third-order valence-corrected chi connectivity index (χ3v) is 4.68. The second-order valence-electron chi connectivity index (χ2n) is 5.05. The minimum absolute atomic E-state index is 0.296. The molecule has 0 spiro atoms. The molecule has 0 aliphatic rings. The van der Waals surface area contributed by atoms with Crippen molar-refractivity contribution in [3.05, 3.63) is 69.3 Å². The number of nitrogens with one attached hydrogen (secondary N) is 1. The monoisotopic (exact) mass is 350 g/mol. The third-order valence-electron chi connectivity index (χ3n) is 3.48. The summed E-state index contributed by atoms with van der Waals surface area (Å²) in [5.74, 6) is -0.398. The molecule has 0 atom stereocenters. The van der Waals surface area contributed by atoms with Crippen molar-refractivity contribution in [2.45, 2.75) is 6.92 Å². The number of H-pyrrole nitrogens is 1. The molecule has 0 bridgehead atoms. The van der Waals surface area contributed by atoms with Gasteiger partial charge in [-0.1, -0.05) is 36.5 Å². The number of nitrogens with zero attached hydrogens (tertiary/aromatic N) is 2. The molecule has 0 aliphatic carbocycles. The second kappa shape index (κ2) is 6.79. The lowest BCUT2D eigenvalue weighted by atomic mass is 10.00. The van der Waals surface area contributed by atoms with Gasteiger partial charge in [0.05, 0.1) is 11.3 Å². The van der Waals surface area contributed by atoms with Crippen LogP contribution in [0.1, 0.15) is 16.8 Å². The molecule has 6 heteroatoms. The highest BCUT2D eigenvalue weighted by Gasteiger charge is 2.17. The van der Waals surface area contributed by atoms with E-state index in [4.69, 9.17) is 12.2 Å². The fourth-order valence-electron chi connectivity index (χ4n) is 2.44. The second-order valence-corrected chi connectivity index (χ2v) is 6.40. The van der Waals surface area contributed by atoms with Gasteiger partial charge in [-0.2, -0.15) is 5.26 Å². The van der Waals surface area contributed by atoms with Crippen LogP contribution in [0.2, 0.25) is 0 Å². The van der Waals surface area contributed by atoms with Crippen molar-refractivity contribution in [3.8, 4) is 16.5 Å². The first-order valence-corrected chi connectivity index (χ1v) is 8.42. The van der Waals surface area contributed by atoms with Crippen molar-refractivity contribution in [2.75, 3.05) is 0 Å². The Balaban J connectivity index is 2.30. The van der Waals surface area contributed by atoms with Crippen LogP contribution in [0.5, 0.6) is 0 Å². The predicted octanol–water partition coefficient (Wildman–Crippen LogP) is 4.09. The average molecular weight is 350 g/mol. The Morgan fingerprint density at radius 1 is 1.25 bits per heavy atom. The Bertz CT molecular complexity index is 997. The van der Waals surface area contributed by atoms with Crippen LogP contribution in [-0.2, 0) is 0 Å². The van der Waals surface area contributed by atoms with Crippen LogP contribution in [0.3, 0.4) is 0 Å². The van der Waals surface area contributed by atoms with E-state index in [9.17, 15) is 10.4 Å². The number of aromatic amines is 1. The molecule has 1 aromatic carbocycles. The molecule has 0 aliphatic heterocycles. The molecule has 0 saturated heterocycles. The Morgan fingerprint density at radius 2 is 2.00 bits per heavy atom. The highest BCUT2D eigenvalue weighted by atomic mass is 32.1. The van der Waals surface area contributed by atoms with Gasteiger partial charge in [0.1, 0.15) is 10.7 Å². The van der Waals surface area contributed by atoms with Crippen LogP contribution in [0, 0.1) is 22.9 Å². The van der Waals surface area contributed by atoms with Crippen molar-refractivity contribution in [1.29, 1.82) is 5.26 Å². The minimum atomic E-state index is -0.398. The highest BCUT2D eigenvalue weighted by molar-refractivity contribution is 7.71. The lowest BCUT2D eigenvalue weighted by Crippen LogP contribution is -2.22. The van der Waals surface area contributed by atoms with Crippen LogP contribution >= 0.6 is 23.6 Å². The SMILES string of the molecule is Cc1[nH]c(=S)c(C#N)c(-c2cccs2)c1C([O-])=Nc1ccccc1. The summed E-state index contributed by atoms with van der Waals surface area (Å²) in [6.45, 7) is 1.77. The number of pyridine rings is 1. The van der Waals surface area contributed by atoms with Gasteiger partial charge in [0, 0.05) is 21.7 Å². The molecule has 0 fully saturated rings. The van der Waals surface area contributed by atoms with E-state index in [-0.39, 0.29) is 0 Å². The number of rotatable bonds is 3. The highest BCUT2D eigenvalue weighted by Crippen LogP contribution is 2.33. The van der Waals surface area contributed by atoms with Gasteiger partial charge < -0.3 is 10.1 Å². The Hall–Kier alpha value is -2.75. The lowest BCUT2D eigenvalue weighted by Gasteiger charge is -2.19. The van der Waals surface area contributed by atoms with Gasteiger partial charge in [0.15, 0.2) is 0 Å². The molecule has 4 nitrogen and oxygen atoms in total. The van der Waals surface area contributed by atoms with E-state index in [2.05, 4.69) is 16.0 Å². The van der Waals surface area contributed by atoms with E-state index in [0.717, 1.165) is 4.88 Å². The summed E-state index contributed by atoms with van der Waals surface area (Å²) in [5, 5.41) is 24.2. The molecule has 3 aromatic rings. The van der Waals surface area contributed by atoms with Gasteiger partial charge in [-0.25, -0.2) is 0 Å². The van der Waals surface area contributed by atoms with Gasteiger partial charge in [0.2, 0.25) is 0 Å². The summed E-state index contributed by atoms with van der Waals surface area (Å²) >= 11 is 6.72. The van der Waals surface area contributed by atoms with Gasteiger partial charge in [-0.15, -0.1) is 11.3 Å². The summed E-state index contributed by atoms with van der Waals surface area (Å²) in [7, 11) is 0. The summed E-state index contributed by atoms with van der Waals surface area (Å²) in [6, 6.07) is 14.9.